The Morgan fingerprint density at radius 3 is 2.23 bits per heavy atom. The molecule has 0 fully saturated rings. The van der Waals surface area contributed by atoms with Crippen LogP contribution in [0.5, 0.6) is 0 Å². The van der Waals surface area contributed by atoms with Gasteiger partial charge in [0.25, 0.3) is 0 Å². The number of halogens is 1. The Morgan fingerprint density at radius 1 is 0.867 bits per heavy atom. The third-order valence-electron chi connectivity index (χ3n) is 7.07. The maximum Gasteiger partial charge on any atom is 0.0542 e. The SMILES string of the molecule is CC1=C(CCC2c3ccccc3-c3ccccc32)C2=CC3SC(Br)=CC3=C(C)C2=C1. The minimum Gasteiger partial charge on any atom is -0.106 e. The molecule has 0 aromatic heterocycles. The normalized spacial score (nSPS) is 21.8. The first-order valence-electron chi connectivity index (χ1n) is 10.7. The Morgan fingerprint density at radius 2 is 1.53 bits per heavy atom. The molecule has 0 saturated carbocycles. The van der Waals surface area contributed by atoms with E-state index in [0.29, 0.717) is 11.2 Å². The topological polar surface area (TPSA) is 0 Å². The molecule has 2 heteroatoms. The van der Waals surface area contributed by atoms with Crippen LogP contribution in [-0.2, 0) is 0 Å². The second kappa shape index (κ2) is 7.00. The minimum atomic E-state index is 0.459. The predicted octanol–water partition coefficient (Wildman–Crippen LogP) is 8.44. The molecule has 30 heavy (non-hydrogen) atoms. The second-order valence-corrected chi connectivity index (χ2v) is 11.2. The highest BCUT2D eigenvalue weighted by molar-refractivity contribution is 9.14. The van der Waals surface area contributed by atoms with Crippen molar-refractivity contribution in [1.82, 2.24) is 0 Å². The molecule has 0 amide bonds. The summed E-state index contributed by atoms with van der Waals surface area (Å²) in [5, 5.41) is 0.459. The first-order valence-corrected chi connectivity index (χ1v) is 12.4. The van der Waals surface area contributed by atoms with Crippen molar-refractivity contribution in [2.24, 2.45) is 0 Å². The number of benzene rings is 2. The van der Waals surface area contributed by atoms with Gasteiger partial charge in [0.05, 0.1) is 9.06 Å². The van der Waals surface area contributed by atoms with Gasteiger partial charge in [0, 0.05) is 5.92 Å². The maximum atomic E-state index is 3.70. The van der Waals surface area contributed by atoms with Crippen LogP contribution in [0.3, 0.4) is 0 Å². The Bertz CT molecular complexity index is 1210. The summed E-state index contributed by atoms with van der Waals surface area (Å²) in [5.41, 5.74) is 14.7. The van der Waals surface area contributed by atoms with E-state index in [1.807, 2.05) is 11.8 Å². The highest BCUT2D eigenvalue weighted by Crippen LogP contribution is 2.52. The van der Waals surface area contributed by atoms with Crippen molar-refractivity contribution in [2.75, 3.05) is 0 Å². The zero-order valence-corrected chi connectivity index (χ0v) is 19.6. The van der Waals surface area contributed by atoms with Crippen molar-refractivity contribution >= 4 is 27.7 Å². The van der Waals surface area contributed by atoms with Gasteiger partial charge < -0.3 is 0 Å². The molecule has 2 aromatic carbocycles. The molecule has 2 aromatic rings. The molecular formula is C28H23BrS. The van der Waals surface area contributed by atoms with Crippen molar-refractivity contribution in [3.63, 3.8) is 0 Å². The molecule has 1 unspecified atom stereocenters. The van der Waals surface area contributed by atoms with Crippen LogP contribution in [0.1, 0.15) is 43.7 Å². The van der Waals surface area contributed by atoms with Crippen LogP contribution < -0.4 is 0 Å². The second-order valence-electron chi connectivity index (χ2n) is 8.63. The van der Waals surface area contributed by atoms with Crippen LogP contribution in [0, 0.1) is 0 Å². The van der Waals surface area contributed by atoms with E-state index in [9.17, 15) is 0 Å². The first kappa shape index (κ1) is 18.7. The monoisotopic (exact) mass is 470 g/mol. The largest absolute Gasteiger partial charge is 0.106 e. The molecule has 4 aliphatic rings. The molecule has 3 aliphatic carbocycles. The molecule has 0 N–H and O–H groups in total. The van der Waals surface area contributed by atoms with Crippen molar-refractivity contribution in [1.29, 1.82) is 0 Å². The van der Waals surface area contributed by atoms with Crippen LogP contribution >= 0.6 is 27.7 Å². The van der Waals surface area contributed by atoms with Crippen molar-refractivity contribution in [2.45, 2.75) is 37.9 Å². The van der Waals surface area contributed by atoms with Crippen LogP contribution in [0.25, 0.3) is 11.1 Å². The van der Waals surface area contributed by atoms with Crippen LogP contribution in [-0.4, -0.2) is 5.25 Å². The summed E-state index contributed by atoms with van der Waals surface area (Å²) < 4.78 is 1.25. The van der Waals surface area contributed by atoms with E-state index in [1.165, 1.54) is 53.9 Å². The van der Waals surface area contributed by atoms with E-state index in [1.54, 1.807) is 5.57 Å². The van der Waals surface area contributed by atoms with E-state index in [0.717, 1.165) is 12.8 Å². The van der Waals surface area contributed by atoms with E-state index in [-0.39, 0.29) is 0 Å². The lowest BCUT2D eigenvalue weighted by Crippen LogP contribution is -2.10. The van der Waals surface area contributed by atoms with Gasteiger partial charge in [-0.25, -0.2) is 0 Å². The lowest BCUT2D eigenvalue weighted by molar-refractivity contribution is 0.727. The Balaban J connectivity index is 1.31. The third kappa shape index (κ3) is 2.73. The van der Waals surface area contributed by atoms with E-state index < -0.39 is 0 Å². The summed E-state index contributed by atoms with van der Waals surface area (Å²) in [4.78, 5) is 0. The molecule has 0 saturated heterocycles. The molecular weight excluding hydrogens is 448 g/mol. The number of rotatable bonds is 3. The number of thioether (sulfide) groups is 1. The summed E-state index contributed by atoms with van der Waals surface area (Å²) in [6.07, 6.45) is 9.51. The zero-order valence-electron chi connectivity index (χ0n) is 17.2. The molecule has 0 bridgehead atoms. The summed E-state index contributed by atoms with van der Waals surface area (Å²) in [6, 6.07) is 18.0. The molecule has 0 radical (unpaired) electrons. The van der Waals surface area contributed by atoms with Crippen LogP contribution in [0.15, 0.2) is 104 Å². The third-order valence-corrected chi connectivity index (χ3v) is 8.84. The van der Waals surface area contributed by atoms with Gasteiger partial charge in [-0.15, -0.1) is 11.8 Å². The minimum absolute atomic E-state index is 0.459. The van der Waals surface area contributed by atoms with Gasteiger partial charge in [0.15, 0.2) is 0 Å². The fourth-order valence-electron chi connectivity index (χ4n) is 5.62. The van der Waals surface area contributed by atoms with Gasteiger partial charge in [-0.2, -0.15) is 0 Å². The molecule has 1 heterocycles. The van der Waals surface area contributed by atoms with Gasteiger partial charge in [-0.3, -0.25) is 0 Å². The molecule has 148 valence electrons. The summed E-state index contributed by atoms with van der Waals surface area (Å²) in [7, 11) is 0. The van der Waals surface area contributed by atoms with E-state index >= 15 is 0 Å². The zero-order chi connectivity index (χ0) is 20.4. The Kier molecular flexibility index (Phi) is 4.37. The summed E-state index contributed by atoms with van der Waals surface area (Å²) in [6.45, 7) is 4.59. The molecule has 6 rings (SSSR count). The predicted molar refractivity (Wildman–Crippen MR) is 133 cm³/mol. The summed E-state index contributed by atoms with van der Waals surface area (Å²) >= 11 is 5.62. The van der Waals surface area contributed by atoms with Gasteiger partial charge in [0.1, 0.15) is 0 Å². The Labute approximate surface area is 191 Å². The number of hydrogen-bond donors (Lipinski definition) is 0. The molecule has 1 aliphatic heterocycles. The highest BCUT2D eigenvalue weighted by atomic mass is 79.9. The Hall–Kier alpha value is -2.03. The van der Waals surface area contributed by atoms with Crippen molar-refractivity contribution in [3.05, 3.63) is 115 Å². The van der Waals surface area contributed by atoms with Gasteiger partial charge in [-0.05, 0) is 104 Å². The number of allylic oxidation sites excluding steroid dienone is 7. The van der Waals surface area contributed by atoms with Crippen LogP contribution in [0.2, 0.25) is 0 Å². The maximum absolute atomic E-state index is 3.70. The average Bonchev–Trinajstić information content (AvgIpc) is 3.39. The van der Waals surface area contributed by atoms with Crippen molar-refractivity contribution < 1.29 is 0 Å². The quantitative estimate of drug-likeness (QED) is 0.433. The fraction of sp³-hybridized carbons (Fsp3) is 0.214. The highest BCUT2D eigenvalue weighted by Gasteiger charge is 2.33. The standard InChI is InChI=1S/C28H23BrS/c1-16-13-24-17(2)25-15-28(29)30-27(25)14-26(24)18(16)11-12-23-21-9-5-3-7-19(21)20-8-4-6-10-22(20)23/h3-10,13-15,23,27H,11-12H2,1-2H3. The fourth-order valence-corrected chi connectivity index (χ4v) is 7.49. The van der Waals surface area contributed by atoms with Crippen LogP contribution in [0.4, 0.5) is 0 Å². The van der Waals surface area contributed by atoms with Gasteiger partial charge in [-0.1, -0.05) is 60.7 Å². The van der Waals surface area contributed by atoms with Gasteiger partial charge in [0.2, 0.25) is 0 Å². The lowest BCUT2D eigenvalue weighted by Gasteiger charge is -2.23. The molecule has 1 atom stereocenters. The molecule has 0 spiro atoms. The number of hydrogen-bond acceptors (Lipinski definition) is 1. The first-order chi connectivity index (χ1) is 14.6. The average molecular weight is 471 g/mol. The van der Waals surface area contributed by atoms with Gasteiger partial charge >= 0.3 is 0 Å². The molecule has 0 nitrogen and oxygen atoms in total. The smallest absolute Gasteiger partial charge is 0.0542 e. The summed E-state index contributed by atoms with van der Waals surface area (Å²) in [5.74, 6) is 0.495. The lowest BCUT2D eigenvalue weighted by atomic mass is 9.83. The number of fused-ring (bicyclic) bond motifs is 5. The van der Waals surface area contributed by atoms with E-state index in [2.05, 4.69) is 96.5 Å². The van der Waals surface area contributed by atoms with Crippen molar-refractivity contribution in [3.8, 4) is 11.1 Å². The van der Waals surface area contributed by atoms with E-state index in [4.69, 9.17) is 0 Å².